The average Bonchev–Trinajstić information content (AvgIpc) is 3.03. The van der Waals surface area contributed by atoms with Crippen LogP contribution in [0.4, 0.5) is 14.5 Å². The summed E-state index contributed by atoms with van der Waals surface area (Å²) in [6.07, 6.45) is 0.253. The number of ether oxygens (including phenoxy) is 1. The predicted molar refractivity (Wildman–Crippen MR) is 100 cm³/mol. The molecule has 150 valence electrons. The molecule has 0 saturated heterocycles. The Labute approximate surface area is 162 Å². The lowest BCUT2D eigenvalue weighted by atomic mass is 10.1. The summed E-state index contributed by atoms with van der Waals surface area (Å²) in [5.41, 5.74) is 0.489. The van der Waals surface area contributed by atoms with Crippen LogP contribution >= 0.6 is 0 Å². The fraction of sp³-hybridized carbons (Fsp3) is 0.316. The highest BCUT2D eigenvalue weighted by molar-refractivity contribution is 7.89. The highest BCUT2D eigenvalue weighted by atomic mass is 32.2. The van der Waals surface area contributed by atoms with Crippen molar-refractivity contribution in [3.63, 3.8) is 0 Å². The van der Waals surface area contributed by atoms with Crippen LogP contribution in [-0.4, -0.2) is 34.0 Å². The molecule has 3 rings (SSSR count). The van der Waals surface area contributed by atoms with Crippen molar-refractivity contribution in [2.24, 2.45) is 0 Å². The van der Waals surface area contributed by atoms with E-state index in [0.29, 0.717) is 0 Å². The van der Waals surface area contributed by atoms with Crippen LogP contribution in [0.25, 0.3) is 0 Å². The van der Waals surface area contributed by atoms with Gasteiger partial charge in [-0.3, -0.25) is 4.79 Å². The van der Waals surface area contributed by atoms with E-state index < -0.39 is 27.6 Å². The maximum absolute atomic E-state index is 13.9. The van der Waals surface area contributed by atoms with Crippen LogP contribution < -0.4 is 14.4 Å². The molecule has 1 heterocycles. The van der Waals surface area contributed by atoms with Crippen LogP contribution in [0.1, 0.15) is 29.8 Å². The summed E-state index contributed by atoms with van der Waals surface area (Å²) in [5.74, 6) is -1.95. The summed E-state index contributed by atoms with van der Waals surface area (Å²) >= 11 is 0. The smallest absolute Gasteiger partial charge is 0.258 e. The molecule has 0 spiro atoms. The third kappa shape index (κ3) is 3.72. The first kappa shape index (κ1) is 20.2. The molecule has 0 fully saturated rings. The number of sulfonamides is 1. The van der Waals surface area contributed by atoms with Gasteiger partial charge in [0.05, 0.1) is 12.8 Å². The van der Waals surface area contributed by atoms with Crippen molar-refractivity contribution >= 4 is 21.6 Å². The maximum Gasteiger partial charge on any atom is 0.258 e. The van der Waals surface area contributed by atoms with Crippen LogP contribution in [0, 0.1) is 11.6 Å². The lowest BCUT2D eigenvalue weighted by Gasteiger charge is -2.19. The van der Waals surface area contributed by atoms with Gasteiger partial charge in [-0.2, -0.15) is 0 Å². The van der Waals surface area contributed by atoms with Gasteiger partial charge in [0.2, 0.25) is 10.0 Å². The molecule has 9 heteroatoms. The number of nitrogens with one attached hydrogen (secondary N) is 1. The number of hydrogen-bond donors (Lipinski definition) is 1. The first-order chi connectivity index (χ1) is 13.1. The lowest BCUT2D eigenvalue weighted by molar-refractivity contribution is 0.0989. The molecular weight excluding hydrogens is 390 g/mol. The van der Waals surface area contributed by atoms with E-state index in [-0.39, 0.29) is 46.5 Å². The van der Waals surface area contributed by atoms with Crippen molar-refractivity contribution in [1.29, 1.82) is 0 Å². The molecule has 0 atom stereocenters. The Morgan fingerprint density at radius 3 is 2.57 bits per heavy atom. The van der Waals surface area contributed by atoms with E-state index in [9.17, 15) is 22.0 Å². The van der Waals surface area contributed by atoms with Crippen molar-refractivity contribution in [3.05, 3.63) is 53.1 Å². The number of amides is 1. The molecular formula is C19H20F2N2O4S. The summed E-state index contributed by atoms with van der Waals surface area (Å²) in [6.45, 7) is 3.51. The molecule has 2 aromatic rings. The first-order valence-electron chi connectivity index (χ1n) is 8.64. The Kier molecular flexibility index (Phi) is 5.40. The van der Waals surface area contributed by atoms with Crippen LogP contribution in [0.5, 0.6) is 5.75 Å². The number of carbonyl (C=O) groups excluding carboxylic acids is 1. The molecule has 1 aliphatic heterocycles. The third-order valence-electron chi connectivity index (χ3n) is 4.35. The number of halogens is 2. The van der Waals surface area contributed by atoms with E-state index in [1.807, 2.05) is 0 Å². The minimum absolute atomic E-state index is 0.0717. The minimum atomic E-state index is -3.92. The van der Waals surface area contributed by atoms with Gasteiger partial charge < -0.3 is 9.64 Å². The van der Waals surface area contributed by atoms with Crippen molar-refractivity contribution in [3.8, 4) is 5.75 Å². The zero-order chi connectivity index (χ0) is 20.6. The van der Waals surface area contributed by atoms with Gasteiger partial charge in [-0.25, -0.2) is 21.9 Å². The third-order valence-corrected chi connectivity index (χ3v) is 6.03. The van der Waals surface area contributed by atoms with E-state index in [0.717, 1.165) is 12.1 Å². The molecule has 0 saturated carbocycles. The van der Waals surface area contributed by atoms with Gasteiger partial charge in [0.1, 0.15) is 22.3 Å². The number of carbonyl (C=O) groups is 1. The molecule has 1 amide bonds. The topological polar surface area (TPSA) is 75.7 Å². The number of hydrogen-bond acceptors (Lipinski definition) is 4. The summed E-state index contributed by atoms with van der Waals surface area (Å²) in [7, 11) is -2.59. The zero-order valence-electron chi connectivity index (χ0n) is 15.6. The zero-order valence-corrected chi connectivity index (χ0v) is 16.4. The van der Waals surface area contributed by atoms with Gasteiger partial charge in [0.15, 0.2) is 0 Å². The Hall–Kier alpha value is -2.52. The maximum atomic E-state index is 13.9. The summed E-state index contributed by atoms with van der Waals surface area (Å²) < 4.78 is 60.3. The molecule has 0 bridgehead atoms. The molecule has 0 radical (unpaired) electrons. The summed E-state index contributed by atoms with van der Waals surface area (Å²) in [5, 5.41) is 0. The largest absolute Gasteiger partial charge is 0.495 e. The Morgan fingerprint density at radius 2 is 1.93 bits per heavy atom. The fourth-order valence-corrected chi connectivity index (χ4v) is 4.63. The van der Waals surface area contributed by atoms with Crippen LogP contribution in [-0.2, 0) is 16.4 Å². The normalized spacial score (nSPS) is 13.7. The van der Waals surface area contributed by atoms with Gasteiger partial charge in [0, 0.05) is 29.8 Å². The Morgan fingerprint density at radius 1 is 1.21 bits per heavy atom. The van der Waals surface area contributed by atoms with Gasteiger partial charge in [-0.1, -0.05) is 0 Å². The number of rotatable bonds is 5. The van der Waals surface area contributed by atoms with E-state index in [2.05, 4.69) is 4.72 Å². The highest BCUT2D eigenvalue weighted by Crippen LogP contribution is 2.33. The van der Waals surface area contributed by atoms with E-state index in [4.69, 9.17) is 4.74 Å². The van der Waals surface area contributed by atoms with Crippen molar-refractivity contribution in [1.82, 2.24) is 4.72 Å². The SMILES string of the molecule is COc1ccc(C(=O)N2CCc3c(F)cc(F)cc32)cc1S(=O)(=O)NC(C)C. The van der Waals surface area contributed by atoms with E-state index >= 15 is 0 Å². The molecule has 1 aliphatic rings. The Bertz CT molecular complexity index is 1040. The lowest BCUT2D eigenvalue weighted by Crippen LogP contribution is -2.32. The second-order valence-electron chi connectivity index (χ2n) is 6.73. The molecule has 0 unspecified atom stereocenters. The minimum Gasteiger partial charge on any atom is -0.495 e. The van der Waals surface area contributed by atoms with Crippen LogP contribution in [0.2, 0.25) is 0 Å². The second-order valence-corrected chi connectivity index (χ2v) is 8.42. The second kappa shape index (κ2) is 7.48. The number of nitrogens with zero attached hydrogens (tertiary/aromatic N) is 1. The summed E-state index contributed by atoms with van der Waals surface area (Å²) in [4.78, 5) is 14.0. The highest BCUT2D eigenvalue weighted by Gasteiger charge is 2.30. The van der Waals surface area contributed by atoms with Crippen LogP contribution in [0.3, 0.4) is 0 Å². The van der Waals surface area contributed by atoms with Gasteiger partial charge in [-0.15, -0.1) is 0 Å². The molecule has 1 N–H and O–H groups in total. The molecule has 6 nitrogen and oxygen atoms in total. The van der Waals surface area contributed by atoms with Crippen molar-refractivity contribution in [2.75, 3.05) is 18.6 Å². The fourth-order valence-electron chi connectivity index (χ4n) is 3.18. The van der Waals surface area contributed by atoms with Gasteiger partial charge >= 0.3 is 0 Å². The van der Waals surface area contributed by atoms with Crippen molar-refractivity contribution < 1.29 is 26.7 Å². The average molecular weight is 410 g/mol. The predicted octanol–water partition coefficient (Wildman–Crippen LogP) is 2.86. The standard InChI is InChI=1S/C19H20F2N2O4S/c1-11(2)22-28(25,26)18-8-12(4-5-17(18)27-3)19(24)23-7-6-14-15(21)9-13(20)10-16(14)23/h4-5,8-11,22H,6-7H2,1-3H3. The molecule has 0 aromatic heterocycles. The first-order valence-corrected chi connectivity index (χ1v) is 10.1. The van der Waals surface area contributed by atoms with Crippen LogP contribution in [0.15, 0.2) is 35.2 Å². The van der Waals surface area contributed by atoms with Crippen molar-refractivity contribution in [2.45, 2.75) is 31.2 Å². The number of fused-ring (bicyclic) bond motifs is 1. The number of methoxy groups -OCH3 is 1. The monoisotopic (exact) mass is 410 g/mol. The quantitative estimate of drug-likeness (QED) is 0.823. The van der Waals surface area contributed by atoms with Gasteiger partial charge in [0.25, 0.3) is 5.91 Å². The molecule has 2 aromatic carbocycles. The Balaban J connectivity index is 2.02. The van der Waals surface area contributed by atoms with Gasteiger partial charge in [-0.05, 0) is 44.5 Å². The summed E-state index contributed by atoms with van der Waals surface area (Å²) in [6, 6.07) is 5.53. The molecule has 28 heavy (non-hydrogen) atoms. The molecule has 0 aliphatic carbocycles. The van der Waals surface area contributed by atoms with E-state index in [1.165, 1.54) is 30.2 Å². The van der Waals surface area contributed by atoms with E-state index in [1.54, 1.807) is 13.8 Å². The number of benzene rings is 2. The number of anilines is 1.